The molecule has 3 nitrogen and oxygen atoms in total. The summed E-state index contributed by atoms with van der Waals surface area (Å²) in [6, 6.07) is 6.79. The number of halogens is 2. The summed E-state index contributed by atoms with van der Waals surface area (Å²) in [6.45, 7) is 0.653. The number of rotatable bonds is 5. The van der Waals surface area contributed by atoms with Crippen LogP contribution in [0.3, 0.4) is 0 Å². The third-order valence-electron chi connectivity index (χ3n) is 2.52. The third kappa shape index (κ3) is 3.94. The second-order valence-electron chi connectivity index (χ2n) is 3.93. The Morgan fingerprint density at radius 1 is 1.32 bits per heavy atom. The van der Waals surface area contributed by atoms with Gasteiger partial charge in [-0.15, -0.1) is 11.6 Å². The van der Waals surface area contributed by atoms with Gasteiger partial charge in [0, 0.05) is 28.2 Å². The van der Waals surface area contributed by atoms with Crippen LogP contribution in [-0.4, -0.2) is 21.4 Å². The first kappa shape index (κ1) is 13.8. The molecule has 0 aliphatic heterocycles. The number of nitrogens with zero attached hydrogens (tertiary/aromatic N) is 2. The van der Waals surface area contributed by atoms with Crippen molar-refractivity contribution in [2.45, 2.75) is 6.54 Å². The Morgan fingerprint density at radius 3 is 2.74 bits per heavy atom. The second kappa shape index (κ2) is 6.55. The number of allylic oxidation sites excluding steroid dienone is 1. The molecule has 0 N–H and O–H groups in total. The summed E-state index contributed by atoms with van der Waals surface area (Å²) in [5.41, 5.74) is 1.47. The van der Waals surface area contributed by atoms with Gasteiger partial charge in [-0.2, -0.15) is 5.10 Å². The highest BCUT2D eigenvalue weighted by atomic mass is 35.5. The van der Waals surface area contributed by atoms with Crippen molar-refractivity contribution in [1.82, 2.24) is 9.78 Å². The molecular formula is C14H12Cl2N2O. The van der Waals surface area contributed by atoms with Gasteiger partial charge >= 0.3 is 0 Å². The molecule has 0 bridgehead atoms. The zero-order valence-electron chi connectivity index (χ0n) is 10.1. The molecule has 0 saturated carbocycles. The summed E-state index contributed by atoms with van der Waals surface area (Å²) in [4.78, 5) is 11.9. The molecule has 1 aromatic heterocycles. The van der Waals surface area contributed by atoms with Crippen LogP contribution in [0.2, 0.25) is 5.02 Å². The van der Waals surface area contributed by atoms with Crippen LogP contribution in [0.5, 0.6) is 0 Å². The van der Waals surface area contributed by atoms with Gasteiger partial charge in [0.1, 0.15) is 0 Å². The van der Waals surface area contributed by atoms with Crippen LogP contribution < -0.4 is 0 Å². The van der Waals surface area contributed by atoms with E-state index in [1.54, 1.807) is 41.2 Å². The molecule has 0 aliphatic carbocycles. The standard InChI is InChI=1S/C14H12Cl2N2O/c15-7-8-18-10-11(9-17-18)1-6-14(19)12-2-4-13(16)5-3-12/h1-6,9-10H,7-8H2/b6-1+. The minimum Gasteiger partial charge on any atom is -0.289 e. The van der Waals surface area contributed by atoms with Crippen molar-refractivity contribution >= 4 is 35.1 Å². The molecule has 1 aromatic carbocycles. The highest BCUT2D eigenvalue weighted by Crippen LogP contribution is 2.11. The predicted molar refractivity (Wildman–Crippen MR) is 77.8 cm³/mol. The topological polar surface area (TPSA) is 34.9 Å². The van der Waals surface area contributed by atoms with E-state index in [1.807, 2.05) is 6.20 Å². The molecule has 98 valence electrons. The highest BCUT2D eigenvalue weighted by Gasteiger charge is 2.01. The van der Waals surface area contributed by atoms with Gasteiger partial charge in [0.25, 0.3) is 0 Å². The Balaban J connectivity index is 2.04. The fourth-order valence-electron chi connectivity index (χ4n) is 1.56. The van der Waals surface area contributed by atoms with Gasteiger partial charge in [-0.1, -0.05) is 11.6 Å². The summed E-state index contributed by atoms with van der Waals surface area (Å²) < 4.78 is 1.74. The van der Waals surface area contributed by atoms with Crippen molar-refractivity contribution < 1.29 is 4.79 Å². The number of ketones is 1. The first-order valence-corrected chi connectivity index (χ1v) is 6.66. The average molecular weight is 295 g/mol. The van der Waals surface area contributed by atoms with E-state index in [9.17, 15) is 4.79 Å². The SMILES string of the molecule is O=C(/C=C/c1cnn(CCCl)c1)c1ccc(Cl)cc1. The van der Waals surface area contributed by atoms with E-state index in [4.69, 9.17) is 23.2 Å². The Bertz CT molecular complexity index is 588. The van der Waals surface area contributed by atoms with Crippen molar-refractivity contribution in [3.05, 3.63) is 58.9 Å². The van der Waals surface area contributed by atoms with E-state index in [0.29, 0.717) is 23.0 Å². The number of hydrogen-bond donors (Lipinski definition) is 0. The molecule has 0 saturated heterocycles. The molecule has 0 atom stereocenters. The molecule has 19 heavy (non-hydrogen) atoms. The van der Waals surface area contributed by atoms with Gasteiger partial charge in [0.15, 0.2) is 5.78 Å². The van der Waals surface area contributed by atoms with Crippen LogP contribution in [-0.2, 0) is 6.54 Å². The van der Waals surface area contributed by atoms with E-state index in [1.165, 1.54) is 6.08 Å². The van der Waals surface area contributed by atoms with Crippen LogP contribution >= 0.6 is 23.2 Å². The van der Waals surface area contributed by atoms with E-state index < -0.39 is 0 Å². The summed E-state index contributed by atoms with van der Waals surface area (Å²) >= 11 is 11.4. The maximum atomic E-state index is 11.9. The summed E-state index contributed by atoms with van der Waals surface area (Å²) in [5.74, 6) is 0.441. The zero-order chi connectivity index (χ0) is 13.7. The fourth-order valence-corrected chi connectivity index (χ4v) is 1.86. The zero-order valence-corrected chi connectivity index (χ0v) is 11.6. The first-order chi connectivity index (χ1) is 9.19. The highest BCUT2D eigenvalue weighted by molar-refractivity contribution is 6.30. The summed E-state index contributed by atoms with van der Waals surface area (Å²) in [7, 11) is 0. The average Bonchev–Trinajstić information content (AvgIpc) is 2.85. The molecular weight excluding hydrogens is 283 g/mol. The number of aromatic nitrogens is 2. The molecule has 2 rings (SSSR count). The first-order valence-electron chi connectivity index (χ1n) is 5.75. The lowest BCUT2D eigenvalue weighted by Gasteiger charge is -1.95. The second-order valence-corrected chi connectivity index (χ2v) is 4.74. The molecule has 2 aromatic rings. The molecule has 0 unspecified atom stereocenters. The van der Waals surface area contributed by atoms with Crippen LogP contribution in [0.4, 0.5) is 0 Å². The molecule has 5 heteroatoms. The van der Waals surface area contributed by atoms with Crippen LogP contribution in [0.15, 0.2) is 42.7 Å². The number of alkyl halides is 1. The molecule has 0 radical (unpaired) electrons. The quantitative estimate of drug-likeness (QED) is 0.479. The Kier molecular flexibility index (Phi) is 4.77. The van der Waals surface area contributed by atoms with E-state index >= 15 is 0 Å². The van der Waals surface area contributed by atoms with Gasteiger partial charge in [-0.3, -0.25) is 9.48 Å². The normalized spacial score (nSPS) is 11.1. The van der Waals surface area contributed by atoms with Crippen LogP contribution in [0, 0.1) is 0 Å². The lowest BCUT2D eigenvalue weighted by molar-refractivity contribution is 0.104. The molecule has 0 aliphatic rings. The lowest BCUT2D eigenvalue weighted by atomic mass is 10.1. The number of hydrogen-bond acceptors (Lipinski definition) is 2. The van der Waals surface area contributed by atoms with Crippen molar-refractivity contribution in [2.24, 2.45) is 0 Å². The summed E-state index contributed by atoms with van der Waals surface area (Å²) in [6.07, 6.45) is 6.78. The number of aryl methyl sites for hydroxylation is 1. The molecule has 0 fully saturated rings. The number of benzene rings is 1. The maximum absolute atomic E-state index is 11.9. The van der Waals surface area contributed by atoms with Gasteiger partial charge < -0.3 is 0 Å². The van der Waals surface area contributed by atoms with Crippen molar-refractivity contribution in [3.63, 3.8) is 0 Å². The largest absolute Gasteiger partial charge is 0.289 e. The van der Waals surface area contributed by atoms with Crippen molar-refractivity contribution in [2.75, 3.05) is 5.88 Å². The fraction of sp³-hybridized carbons (Fsp3) is 0.143. The summed E-state index contributed by atoms with van der Waals surface area (Å²) in [5, 5.41) is 4.73. The van der Waals surface area contributed by atoms with Gasteiger partial charge in [0.05, 0.1) is 12.7 Å². The Morgan fingerprint density at radius 2 is 2.05 bits per heavy atom. The van der Waals surface area contributed by atoms with Gasteiger partial charge in [-0.05, 0) is 36.4 Å². The molecule has 0 spiro atoms. The minimum absolute atomic E-state index is 0.0678. The van der Waals surface area contributed by atoms with Crippen LogP contribution in [0.1, 0.15) is 15.9 Å². The van der Waals surface area contributed by atoms with Gasteiger partial charge in [0.2, 0.25) is 0 Å². The maximum Gasteiger partial charge on any atom is 0.185 e. The van der Waals surface area contributed by atoms with Crippen LogP contribution in [0.25, 0.3) is 6.08 Å². The van der Waals surface area contributed by atoms with E-state index in [0.717, 1.165) is 5.56 Å². The van der Waals surface area contributed by atoms with E-state index in [-0.39, 0.29) is 5.78 Å². The monoisotopic (exact) mass is 294 g/mol. The van der Waals surface area contributed by atoms with Gasteiger partial charge in [-0.25, -0.2) is 0 Å². The lowest BCUT2D eigenvalue weighted by Crippen LogP contribution is -1.98. The Hall–Kier alpha value is -1.58. The number of carbonyl (C=O) groups excluding carboxylic acids is 1. The molecule has 1 heterocycles. The van der Waals surface area contributed by atoms with Crippen molar-refractivity contribution in [3.8, 4) is 0 Å². The predicted octanol–water partition coefficient (Wildman–Crippen LogP) is 3.67. The smallest absolute Gasteiger partial charge is 0.185 e. The Labute approximate surface area is 121 Å². The van der Waals surface area contributed by atoms with E-state index in [2.05, 4.69) is 5.10 Å². The number of carbonyl (C=O) groups is 1. The van der Waals surface area contributed by atoms with Crippen molar-refractivity contribution in [1.29, 1.82) is 0 Å². The third-order valence-corrected chi connectivity index (χ3v) is 2.94. The molecule has 0 amide bonds. The minimum atomic E-state index is -0.0678.